The smallest absolute Gasteiger partial charge is 0.279 e. The molecule has 1 aromatic heterocycles. The van der Waals surface area contributed by atoms with E-state index in [4.69, 9.17) is 0 Å². The number of carbonyl (C=O) groups is 1. The van der Waals surface area contributed by atoms with Crippen LogP contribution in [0.5, 0.6) is 5.75 Å². The van der Waals surface area contributed by atoms with Gasteiger partial charge in [-0.2, -0.15) is 4.99 Å². The van der Waals surface area contributed by atoms with Gasteiger partial charge >= 0.3 is 0 Å². The lowest BCUT2D eigenvalue weighted by molar-refractivity contribution is 0.100. The Hall–Kier alpha value is -2.69. The molecule has 0 aliphatic carbocycles. The van der Waals surface area contributed by atoms with Crippen LogP contribution in [-0.4, -0.2) is 41.3 Å². The molecule has 1 N–H and O–H groups in total. The first-order valence-electron chi connectivity index (χ1n) is 6.05. The third-order valence-electron chi connectivity index (χ3n) is 2.57. The van der Waals surface area contributed by atoms with Crippen molar-refractivity contribution in [2.24, 2.45) is 4.99 Å². The van der Waals surface area contributed by atoms with Crippen molar-refractivity contribution < 1.29 is 9.90 Å². The number of rotatable bonds is 3. The average Bonchev–Trinajstić information content (AvgIpc) is 2.45. The van der Waals surface area contributed by atoms with E-state index in [2.05, 4.69) is 9.98 Å². The Morgan fingerprint density at radius 1 is 1.25 bits per heavy atom. The topological polar surface area (TPSA) is 65.8 Å². The maximum atomic E-state index is 11.9. The summed E-state index contributed by atoms with van der Waals surface area (Å²) in [6.45, 7) is 0. The van der Waals surface area contributed by atoms with Gasteiger partial charge in [-0.15, -0.1) is 0 Å². The van der Waals surface area contributed by atoms with Gasteiger partial charge in [0, 0.05) is 32.1 Å². The Bertz CT molecular complexity index is 651. The number of benzene rings is 1. The zero-order valence-electron chi connectivity index (χ0n) is 11.3. The number of phenolic OH excluding ortho intramolecular Hbond substituents is 1. The first kappa shape index (κ1) is 13.7. The molecule has 1 amide bonds. The van der Waals surface area contributed by atoms with Gasteiger partial charge in [0.15, 0.2) is 0 Å². The van der Waals surface area contributed by atoms with E-state index >= 15 is 0 Å². The minimum atomic E-state index is -0.354. The number of hydrogen-bond donors (Lipinski definition) is 1. The molecule has 2 rings (SSSR count). The fraction of sp³-hybridized carbons (Fsp3) is 0.133. The molecule has 0 atom stereocenters. The molecular weight excluding hydrogens is 254 g/mol. The van der Waals surface area contributed by atoms with E-state index in [9.17, 15) is 9.90 Å². The molecule has 1 aromatic carbocycles. The van der Waals surface area contributed by atoms with E-state index in [1.807, 2.05) is 6.07 Å². The number of amides is 1. The van der Waals surface area contributed by atoms with Crippen LogP contribution in [0.2, 0.25) is 0 Å². The second-order valence-corrected chi connectivity index (χ2v) is 4.53. The van der Waals surface area contributed by atoms with Crippen molar-refractivity contribution in [2.75, 3.05) is 14.1 Å². The van der Waals surface area contributed by atoms with E-state index in [1.165, 1.54) is 12.5 Å². The lowest BCUT2D eigenvalue weighted by Crippen LogP contribution is -2.09. The third-order valence-corrected chi connectivity index (χ3v) is 2.57. The summed E-state index contributed by atoms with van der Waals surface area (Å²) in [5, 5.41) is 9.48. The predicted molar refractivity (Wildman–Crippen MR) is 77.8 cm³/mol. The van der Waals surface area contributed by atoms with Crippen LogP contribution in [0.15, 0.2) is 47.7 Å². The Labute approximate surface area is 117 Å². The largest absolute Gasteiger partial charge is 0.508 e. The molecule has 102 valence electrons. The maximum Gasteiger partial charge on any atom is 0.279 e. The number of nitrogens with zero attached hydrogens (tertiary/aromatic N) is 3. The summed E-state index contributed by atoms with van der Waals surface area (Å²) < 4.78 is 0. The number of aromatic hydroxyl groups is 1. The Kier molecular flexibility index (Phi) is 4.10. The number of hydrogen-bond acceptors (Lipinski definition) is 3. The third kappa shape index (κ3) is 3.41. The highest BCUT2D eigenvalue weighted by molar-refractivity contribution is 5.99. The van der Waals surface area contributed by atoms with Crippen molar-refractivity contribution in [1.82, 2.24) is 9.88 Å². The minimum absolute atomic E-state index is 0.171. The van der Waals surface area contributed by atoms with Crippen LogP contribution >= 0.6 is 0 Å². The van der Waals surface area contributed by atoms with E-state index in [-0.39, 0.29) is 11.7 Å². The van der Waals surface area contributed by atoms with E-state index in [1.54, 1.807) is 49.5 Å². The zero-order valence-corrected chi connectivity index (χ0v) is 11.3. The molecule has 1 heterocycles. The molecule has 2 aromatic rings. The molecule has 5 nitrogen and oxygen atoms in total. The van der Waals surface area contributed by atoms with Crippen LogP contribution in [-0.2, 0) is 0 Å². The van der Waals surface area contributed by atoms with Gasteiger partial charge in [0.2, 0.25) is 0 Å². The highest BCUT2D eigenvalue weighted by Crippen LogP contribution is 2.23. The van der Waals surface area contributed by atoms with Gasteiger partial charge in [-0.05, 0) is 23.8 Å². The zero-order chi connectivity index (χ0) is 14.5. The molecule has 0 fully saturated rings. The van der Waals surface area contributed by atoms with Crippen molar-refractivity contribution in [1.29, 1.82) is 0 Å². The highest BCUT2D eigenvalue weighted by atomic mass is 16.3. The molecular formula is C15H15N3O2. The fourth-order valence-corrected chi connectivity index (χ4v) is 1.64. The molecule has 5 heteroatoms. The van der Waals surface area contributed by atoms with E-state index in [0.717, 1.165) is 11.1 Å². The highest BCUT2D eigenvalue weighted by Gasteiger charge is 2.07. The molecule has 0 radical (unpaired) electrons. The summed E-state index contributed by atoms with van der Waals surface area (Å²) in [6, 6.07) is 8.50. The van der Waals surface area contributed by atoms with Crippen molar-refractivity contribution in [3.05, 3.63) is 48.3 Å². The Balaban J connectivity index is 2.31. The van der Waals surface area contributed by atoms with E-state index < -0.39 is 0 Å². The summed E-state index contributed by atoms with van der Waals surface area (Å²) in [5.41, 5.74) is 1.96. The molecule has 0 aliphatic heterocycles. The number of aliphatic imine (C=N–C) groups is 1. The first-order valence-corrected chi connectivity index (χ1v) is 6.05. The van der Waals surface area contributed by atoms with Crippen LogP contribution in [0.3, 0.4) is 0 Å². The lowest BCUT2D eigenvalue weighted by Gasteiger charge is -2.04. The molecule has 0 bridgehead atoms. The number of phenols is 1. The van der Waals surface area contributed by atoms with Gasteiger partial charge in [-0.1, -0.05) is 12.1 Å². The Morgan fingerprint density at radius 3 is 2.75 bits per heavy atom. The van der Waals surface area contributed by atoms with Gasteiger partial charge in [-0.3, -0.25) is 9.78 Å². The molecule has 0 spiro atoms. The van der Waals surface area contributed by atoms with Gasteiger partial charge in [0.05, 0.1) is 11.9 Å². The van der Waals surface area contributed by atoms with Crippen LogP contribution in [0.4, 0.5) is 0 Å². The standard InChI is InChI=1S/C15H15N3O2/c1-18(2)10-17-15(20)13-6-12(8-16-9-13)11-4-3-5-14(19)7-11/h3-10,19H,1-2H3/b17-10+. The summed E-state index contributed by atoms with van der Waals surface area (Å²) in [6.07, 6.45) is 4.56. The van der Waals surface area contributed by atoms with Crippen LogP contribution in [0.1, 0.15) is 10.4 Å². The SMILES string of the molecule is CN(C)/C=N/C(=O)c1cncc(-c2cccc(O)c2)c1. The molecule has 0 unspecified atom stereocenters. The van der Waals surface area contributed by atoms with Crippen molar-refractivity contribution >= 4 is 12.2 Å². The summed E-state index contributed by atoms with van der Waals surface area (Å²) in [5.74, 6) is -0.182. The van der Waals surface area contributed by atoms with Crippen LogP contribution < -0.4 is 0 Å². The first-order chi connectivity index (χ1) is 9.56. The average molecular weight is 269 g/mol. The maximum absolute atomic E-state index is 11.9. The fourth-order valence-electron chi connectivity index (χ4n) is 1.64. The van der Waals surface area contributed by atoms with Gasteiger partial charge < -0.3 is 10.0 Å². The van der Waals surface area contributed by atoms with Crippen molar-refractivity contribution in [3.63, 3.8) is 0 Å². The van der Waals surface area contributed by atoms with Crippen molar-refractivity contribution in [2.45, 2.75) is 0 Å². The molecule has 20 heavy (non-hydrogen) atoms. The minimum Gasteiger partial charge on any atom is -0.508 e. The summed E-state index contributed by atoms with van der Waals surface area (Å²) in [7, 11) is 3.58. The van der Waals surface area contributed by atoms with Gasteiger partial charge in [0.1, 0.15) is 5.75 Å². The number of carbonyl (C=O) groups excluding carboxylic acids is 1. The van der Waals surface area contributed by atoms with Gasteiger partial charge in [-0.25, -0.2) is 0 Å². The molecule has 0 saturated heterocycles. The quantitative estimate of drug-likeness (QED) is 0.685. The number of pyridine rings is 1. The normalized spacial score (nSPS) is 10.7. The van der Waals surface area contributed by atoms with Crippen LogP contribution in [0.25, 0.3) is 11.1 Å². The predicted octanol–water partition coefficient (Wildman–Crippen LogP) is 2.18. The molecule has 0 aliphatic rings. The second kappa shape index (κ2) is 5.97. The molecule has 0 saturated carbocycles. The summed E-state index contributed by atoms with van der Waals surface area (Å²) >= 11 is 0. The van der Waals surface area contributed by atoms with E-state index in [0.29, 0.717) is 5.56 Å². The summed E-state index contributed by atoms with van der Waals surface area (Å²) in [4.78, 5) is 21.4. The van der Waals surface area contributed by atoms with Crippen molar-refractivity contribution in [3.8, 4) is 16.9 Å². The van der Waals surface area contributed by atoms with Gasteiger partial charge in [0.25, 0.3) is 5.91 Å². The Morgan fingerprint density at radius 2 is 2.05 bits per heavy atom. The number of aromatic nitrogens is 1. The second-order valence-electron chi connectivity index (χ2n) is 4.53. The monoisotopic (exact) mass is 269 g/mol. The lowest BCUT2D eigenvalue weighted by atomic mass is 10.1. The van der Waals surface area contributed by atoms with Crippen LogP contribution in [0, 0.1) is 0 Å².